The predicted molar refractivity (Wildman–Crippen MR) is 254 cm³/mol. The summed E-state index contributed by atoms with van der Waals surface area (Å²) in [7, 11) is 1.24. The fourth-order valence-electron chi connectivity index (χ4n) is 7.65. The van der Waals surface area contributed by atoms with Gasteiger partial charge in [-0.1, -0.05) is 92.7 Å². The Morgan fingerprint density at radius 3 is 1.36 bits per heavy atom. The van der Waals surface area contributed by atoms with Gasteiger partial charge in [-0.05, 0) is 106 Å². The van der Waals surface area contributed by atoms with Gasteiger partial charge in [0.25, 0.3) is 0 Å². The quantitative estimate of drug-likeness (QED) is 0.0526. The average molecular weight is 942 g/mol. The summed E-state index contributed by atoms with van der Waals surface area (Å²) >= 11 is 0. The second-order valence-electron chi connectivity index (χ2n) is 17.5. The number of esters is 6. The third-order valence-corrected chi connectivity index (χ3v) is 11.9. The van der Waals surface area contributed by atoms with Crippen molar-refractivity contribution in [3.05, 3.63) is 179 Å². The number of hydrogen-bond donors (Lipinski definition) is 0. The maximum atomic E-state index is 13.6. The maximum absolute atomic E-state index is 13.6. The summed E-state index contributed by atoms with van der Waals surface area (Å²) in [5.41, 5.74) is 3.28. The Morgan fingerprint density at radius 1 is 0.493 bits per heavy atom. The molecule has 0 amide bonds. The zero-order chi connectivity index (χ0) is 50.0. The lowest BCUT2D eigenvalue weighted by Crippen LogP contribution is -2.39. The second kappa shape index (κ2) is 22.4. The summed E-state index contributed by atoms with van der Waals surface area (Å²) in [6, 6.07) is 33.7. The largest absolute Gasteiger partial charge is 0.466 e. The van der Waals surface area contributed by atoms with E-state index in [1.54, 1.807) is 107 Å². The molecule has 15 heteroatoms. The number of methoxy groups -OCH3 is 1. The highest BCUT2D eigenvalue weighted by Crippen LogP contribution is 2.27. The first-order chi connectivity index (χ1) is 32.9. The Morgan fingerprint density at radius 2 is 0.913 bits per heavy atom. The molecule has 0 radical (unpaired) electrons. The standard InChI is InChI=1S/C54H59N3O12/c1-34(2)47(52(62)64-9)68-50(60)45-19-14-30-56(45)36(4)42-27-23-40(24-28-42)33-66-53(63)54(7,8)69-51(61)46-20-15-31-57(46)37(5)43-25-21-39(22-26-43)32-65-48(58)38(6)67-49(59)44-18-13-29-55(44)35(3)41-16-11-10-12-17-41/h10-31,34-38,47H,32-33H2,1-9H3/t35-,36-,37-,38-,47+/m1/s1. The summed E-state index contributed by atoms with van der Waals surface area (Å²) in [5, 5.41) is 0. The van der Waals surface area contributed by atoms with E-state index in [-0.39, 0.29) is 48.6 Å². The third kappa shape index (κ3) is 12.3. The van der Waals surface area contributed by atoms with Gasteiger partial charge in [0.15, 0.2) is 6.10 Å². The Labute approximate surface area is 401 Å². The molecule has 0 fully saturated rings. The van der Waals surface area contributed by atoms with Crippen molar-refractivity contribution >= 4 is 35.8 Å². The van der Waals surface area contributed by atoms with Gasteiger partial charge in [0, 0.05) is 24.5 Å². The van der Waals surface area contributed by atoms with Gasteiger partial charge in [-0.2, -0.15) is 0 Å². The zero-order valence-corrected chi connectivity index (χ0v) is 40.3. The van der Waals surface area contributed by atoms with Gasteiger partial charge in [-0.15, -0.1) is 0 Å². The van der Waals surface area contributed by atoms with Crippen molar-refractivity contribution in [2.45, 2.75) is 105 Å². The lowest BCUT2D eigenvalue weighted by atomic mass is 10.1. The van der Waals surface area contributed by atoms with Crippen LogP contribution in [0.3, 0.4) is 0 Å². The molecule has 0 saturated carbocycles. The van der Waals surface area contributed by atoms with E-state index in [1.807, 2.05) is 75.4 Å². The molecule has 0 bridgehead atoms. The van der Waals surface area contributed by atoms with Crippen LogP contribution >= 0.6 is 0 Å². The van der Waals surface area contributed by atoms with Crippen LogP contribution in [-0.4, -0.2) is 74.4 Å². The first-order valence-electron chi connectivity index (χ1n) is 22.7. The monoisotopic (exact) mass is 941 g/mol. The average Bonchev–Trinajstić information content (AvgIpc) is 4.16. The van der Waals surface area contributed by atoms with E-state index >= 15 is 0 Å². The normalized spacial score (nSPS) is 13.6. The van der Waals surface area contributed by atoms with Crippen LogP contribution in [0.15, 0.2) is 134 Å². The van der Waals surface area contributed by atoms with Crippen LogP contribution < -0.4 is 0 Å². The minimum absolute atomic E-state index is 0.0526. The molecule has 0 aliphatic rings. The van der Waals surface area contributed by atoms with Crippen molar-refractivity contribution in [1.82, 2.24) is 13.7 Å². The van der Waals surface area contributed by atoms with Gasteiger partial charge in [0.2, 0.25) is 11.7 Å². The summed E-state index contributed by atoms with van der Waals surface area (Å²) < 4.78 is 37.9. The molecule has 15 nitrogen and oxygen atoms in total. The van der Waals surface area contributed by atoms with Crippen molar-refractivity contribution in [3.63, 3.8) is 0 Å². The molecule has 6 rings (SSSR count). The zero-order valence-electron chi connectivity index (χ0n) is 40.3. The van der Waals surface area contributed by atoms with E-state index in [9.17, 15) is 28.8 Å². The molecule has 3 heterocycles. The second-order valence-corrected chi connectivity index (χ2v) is 17.5. The van der Waals surface area contributed by atoms with Gasteiger partial charge in [0.1, 0.15) is 30.3 Å². The maximum Gasteiger partial charge on any atom is 0.356 e. The van der Waals surface area contributed by atoms with Gasteiger partial charge < -0.3 is 42.1 Å². The van der Waals surface area contributed by atoms with E-state index in [0.717, 1.165) is 16.7 Å². The number of carbonyl (C=O) groups is 6. The molecule has 0 unspecified atom stereocenters. The lowest BCUT2D eigenvalue weighted by molar-refractivity contribution is -0.164. The van der Waals surface area contributed by atoms with Crippen LogP contribution in [0.2, 0.25) is 0 Å². The molecule has 6 aromatic rings. The Hall–Kier alpha value is -7.68. The number of benzene rings is 3. The van der Waals surface area contributed by atoms with Gasteiger partial charge in [0.05, 0.1) is 25.2 Å². The van der Waals surface area contributed by atoms with Gasteiger partial charge in [-0.25, -0.2) is 28.8 Å². The van der Waals surface area contributed by atoms with E-state index in [4.69, 9.17) is 28.4 Å². The Balaban J connectivity index is 0.979. The summed E-state index contributed by atoms with van der Waals surface area (Å²) in [5.74, 6) is -4.36. The number of carbonyl (C=O) groups excluding carboxylic acids is 6. The lowest BCUT2D eigenvalue weighted by Gasteiger charge is -2.24. The van der Waals surface area contributed by atoms with Crippen LogP contribution in [0.5, 0.6) is 0 Å². The van der Waals surface area contributed by atoms with Crippen molar-refractivity contribution in [1.29, 1.82) is 0 Å². The van der Waals surface area contributed by atoms with Crippen molar-refractivity contribution < 1.29 is 57.2 Å². The van der Waals surface area contributed by atoms with Crippen LogP contribution in [-0.2, 0) is 56.0 Å². The fourth-order valence-corrected chi connectivity index (χ4v) is 7.65. The minimum Gasteiger partial charge on any atom is -0.466 e. The fraction of sp³-hybridized carbons (Fsp3) is 0.333. The number of hydrogen-bond acceptors (Lipinski definition) is 12. The van der Waals surface area contributed by atoms with Gasteiger partial charge >= 0.3 is 35.8 Å². The number of ether oxygens (including phenoxy) is 6. The van der Waals surface area contributed by atoms with Crippen LogP contribution in [0.25, 0.3) is 0 Å². The van der Waals surface area contributed by atoms with Crippen LogP contribution in [0.4, 0.5) is 0 Å². The Bertz CT molecular complexity index is 2730. The molecule has 0 aliphatic carbocycles. The van der Waals surface area contributed by atoms with Crippen molar-refractivity contribution in [2.24, 2.45) is 5.92 Å². The molecule has 3 aromatic heterocycles. The van der Waals surface area contributed by atoms with E-state index in [2.05, 4.69) is 0 Å². The summed E-state index contributed by atoms with van der Waals surface area (Å²) in [4.78, 5) is 78.1. The van der Waals surface area contributed by atoms with Crippen LogP contribution in [0.1, 0.15) is 133 Å². The van der Waals surface area contributed by atoms with Gasteiger partial charge in [-0.3, -0.25) is 0 Å². The predicted octanol–water partition coefficient (Wildman–Crippen LogP) is 9.24. The summed E-state index contributed by atoms with van der Waals surface area (Å²) in [6.07, 6.45) is 3.10. The third-order valence-electron chi connectivity index (χ3n) is 11.9. The smallest absolute Gasteiger partial charge is 0.356 e. The molecule has 0 aliphatic heterocycles. The Kier molecular flexibility index (Phi) is 16.5. The number of rotatable bonds is 20. The molecule has 69 heavy (non-hydrogen) atoms. The molecule has 362 valence electrons. The SMILES string of the molecule is COC(=O)[C@@H](OC(=O)c1cccn1[C@H](C)c1ccc(COC(=O)C(C)(C)OC(=O)c2cccn2[C@H](C)c2ccc(COC(=O)[C@@H](C)OC(=O)c3cccn3[C@H](C)c3ccccc3)cc2)cc1)C(C)C. The summed E-state index contributed by atoms with van der Waals surface area (Å²) in [6.45, 7) is 13.6. The van der Waals surface area contributed by atoms with Crippen LogP contribution in [0, 0.1) is 5.92 Å². The topological polar surface area (TPSA) is 173 Å². The minimum atomic E-state index is -1.63. The first kappa shape index (κ1) is 50.7. The molecular weight excluding hydrogens is 883 g/mol. The molecule has 0 N–H and O–H groups in total. The van der Waals surface area contributed by atoms with E-state index < -0.39 is 53.6 Å². The van der Waals surface area contributed by atoms with E-state index in [0.29, 0.717) is 16.8 Å². The number of aromatic nitrogens is 3. The highest BCUT2D eigenvalue weighted by Gasteiger charge is 2.36. The van der Waals surface area contributed by atoms with E-state index in [1.165, 1.54) is 27.9 Å². The molecule has 3 aromatic carbocycles. The number of nitrogens with zero attached hydrogens (tertiary/aromatic N) is 3. The molecular formula is C54H59N3O12. The van der Waals surface area contributed by atoms with Crippen molar-refractivity contribution in [2.75, 3.05) is 7.11 Å². The van der Waals surface area contributed by atoms with Crippen molar-refractivity contribution in [3.8, 4) is 0 Å². The molecule has 0 spiro atoms. The molecule has 0 saturated heterocycles. The highest BCUT2D eigenvalue weighted by molar-refractivity contribution is 5.92. The highest BCUT2D eigenvalue weighted by atomic mass is 16.6. The molecule has 5 atom stereocenters. The first-order valence-corrected chi connectivity index (χ1v) is 22.7.